The summed E-state index contributed by atoms with van der Waals surface area (Å²) in [6.45, 7) is 0. The Hall–Kier alpha value is -2.23. The van der Waals surface area contributed by atoms with Gasteiger partial charge in [0.25, 0.3) is 5.91 Å². The van der Waals surface area contributed by atoms with Crippen LogP contribution in [0.5, 0.6) is 0 Å². The van der Waals surface area contributed by atoms with Gasteiger partial charge in [0.15, 0.2) is 5.76 Å². The molecule has 0 bridgehead atoms. The van der Waals surface area contributed by atoms with Crippen LogP contribution in [0.1, 0.15) is 36.2 Å². The number of rotatable bonds is 4. The van der Waals surface area contributed by atoms with Crippen molar-refractivity contribution < 1.29 is 9.21 Å². The van der Waals surface area contributed by atoms with Gasteiger partial charge < -0.3 is 15.1 Å². The Labute approximate surface area is 118 Å². The molecule has 0 atom stereocenters. The molecule has 1 aliphatic rings. The van der Waals surface area contributed by atoms with Gasteiger partial charge in [-0.1, -0.05) is 12.8 Å². The highest BCUT2D eigenvalue weighted by atomic mass is 16.3. The first-order valence-electron chi connectivity index (χ1n) is 7.03. The summed E-state index contributed by atoms with van der Waals surface area (Å²) in [6.07, 6.45) is 6.61. The summed E-state index contributed by atoms with van der Waals surface area (Å²) >= 11 is 0. The zero-order valence-corrected chi connectivity index (χ0v) is 11.3. The van der Waals surface area contributed by atoms with Gasteiger partial charge >= 0.3 is 0 Å². The van der Waals surface area contributed by atoms with Gasteiger partial charge in [0.05, 0.1) is 6.26 Å². The van der Waals surface area contributed by atoms with E-state index >= 15 is 0 Å². The van der Waals surface area contributed by atoms with Gasteiger partial charge in [0.1, 0.15) is 0 Å². The lowest BCUT2D eigenvalue weighted by molar-refractivity contribution is 0.0996. The standard InChI is InChI=1S/C16H18N2O2/c19-16(15-6-3-11-20-15)18-14-9-7-13(8-10-14)17-12-4-1-2-5-12/h3,6-12,17H,1-2,4-5H2,(H,18,19). The number of amides is 1. The Kier molecular flexibility index (Phi) is 3.72. The zero-order valence-electron chi connectivity index (χ0n) is 11.3. The Morgan fingerprint density at radius 3 is 2.40 bits per heavy atom. The molecular formula is C16H18N2O2. The lowest BCUT2D eigenvalue weighted by Crippen LogP contribution is -2.14. The van der Waals surface area contributed by atoms with E-state index in [0.29, 0.717) is 11.8 Å². The molecule has 104 valence electrons. The highest BCUT2D eigenvalue weighted by Crippen LogP contribution is 2.23. The number of furan rings is 1. The van der Waals surface area contributed by atoms with Gasteiger partial charge in [-0.3, -0.25) is 4.79 Å². The largest absolute Gasteiger partial charge is 0.459 e. The highest BCUT2D eigenvalue weighted by molar-refractivity contribution is 6.02. The predicted octanol–water partition coefficient (Wildman–Crippen LogP) is 3.89. The van der Waals surface area contributed by atoms with E-state index in [9.17, 15) is 4.79 Å². The molecule has 0 aliphatic heterocycles. The summed E-state index contributed by atoms with van der Waals surface area (Å²) in [5, 5.41) is 6.32. The fraction of sp³-hybridized carbons (Fsp3) is 0.312. The van der Waals surface area contributed by atoms with Crippen LogP contribution in [-0.2, 0) is 0 Å². The fourth-order valence-corrected chi connectivity index (χ4v) is 2.56. The van der Waals surface area contributed by atoms with Crippen molar-refractivity contribution in [3.05, 3.63) is 48.4 Å². The van der Waals surface area contributed by atoms with Crippen molar-refractivity contribution in [2.45, 2.75) is 31.7 Å². The van der Waals surface area contributed by atoms with Gasteiger partial charge in [-0.2, -0.15) is 0 Å². The highest BCUT2D eigenvalue weighted by Gasteiger charge is 2.14. The van der Waals surface area contributed by atoms with E-state index in [0.717, 1.165) is 11.4 Å². The second-order valence-electron chi connectivity index (χ2n) is 5.13. The first-order chi connectivity index (χ1) is 9.81. The van der Waals surface area contributed by atoms with Crippen molar-refractivity contribution in [1.29, 1.82) is 0 Å². The number of hydrogen-bond acceptors (Lipinski definition) is 3. The molecule has 1 aromatic heterocycles. The lowest BCUT2D eigenvalue weighted by atomic mass is 10.2. The van der Waals surface area contributed by atoms with Crippen LogP contribution in [0.2, 0.25) is 0 Å². The average molecular weight is 270 g/mol. The number of carbonyl (C=O) groups excluding carboxylic acids is 1. The third-order valence-electron chi connectivity index (χ3n) is 3.61. The molecule has 1 aliphatic carbocycles. The fourth-order valence-electron chi connectivity index (χ4n) is 2.56. The van der Waals surface area contributed by atoms with Crippen LogP contribution in [0.25, 0.3) is 0 Å². The lowest BCUT2D eigenvalue weighted by Gasteiger charge is -2.13. The molecule has 0 saturated heterocycles. The van der Waals surface area contributed by atoms with E-state index in [2.05, 4.69) is 10.6 Å². The first-order valence-corrected chi connectivity index (χ1v) is 7.03. The van der Waals surface area contributed by atoms with E-state index < -0.39 is 0 Å². The minimum atomic E-state index is -0.230. The number of nitrogens with one attached hydrogen (secondary N) is 2. The van der Waals surface area contributed by atoms with Crippen LogP contribution in [0.15, 0.2) is 47.1 Å². The summed E-state index contributed by atoms with van der Waals surface area (Å²) in [7, 11) is 0. The first kappa shape index (κ1) is 12.8. The van der Waals surface area contributed by atoms with Crippen LogP contribution >= 0.6 is 0 Å². The molecule has 2 N–H and O–H groups in total. The maximum atomic E-state index is 11.8. The molecule has 1 heterocycles. The van der Waals surface area contributed by atoms with Crippen molar-refractivity contribution in [2.24, 2.45) is 0 Å². The predicted molar refractivity (Wildman–Crippen MR) is 79.0 cm³/mol. The molecule has 0 radical (unpaired) electrons. The second kappa shape index (κ2) is 5.82. The van der Waals surface area contributed by atoms with Crippen molar-refractivity contribution in [2.75, 3.05) is 10.6 Å². The summed E-state index contributed by atoms with van der Waals surface area (Å²) < 4.78 is 5.06. The maximum Gasteiger partial charge on any atom is 0.291 e. The van der Waals surface area contributed by atoms with Crippen LogP contribution in [0.4, 0.5) is 11.4 Å². The SMILES string of the molecule is O=C(Nc1ccc(NC2CCCC2)cc1)c1ccco1. The van der Waals surface area contributed by atoms with Crippen molar-refractivity contribution in [3.8, 4) is 0 Å². The molecule has 4 heteroatoms. The van der Waals surface area contributed by atoms with Crippen LogP contribution in [0, 0.1) is 0 Å². The molecule has 1 saturated carbocycles. The number of hydrogen-bond donors (Lipinski definition) is 2. The molecule has 0 spiro atoms. The quantitative estimate of drug-likeness (QED) is 0.886. The van der Waals surface area contributed by atoms with E-state index in [1.165, 1.54) is 31.9 Å². The third kappa shape index (κ3) is 3.02. The molecule has 1 amide bonds. The third-order valence-corrected chi connectivity index (χ3v) is 3.61. The summed E-state index contributed by atoms with van der Waals surface area (Å²) in [4.78, 5) is 11.8. The topological polar surface area (TPSA) is 54.3 Å². The van der Waals surface area contributed by atoms with Crippen molar-refractivity contribution in [3.63, 3.8) is 0 Å². The van der Waals surface area contributed by atoms with Crippen LogP contribution in [-0.4, -0.2) is 11.9 Å². The molecule has 1 aromatic carbocycles. The van der Waals surface area contributed by atoms with Crippen molar-refractivity contribution >= 4 is 17.3 Å². The minimum Gasteiger partial charge on any atom is -0.459 e. The van der Waals surface area contributed by atoms with E-state index in [-0.39, 0.29) is 5.91 Å². The Morgan fingerprint density at radius 1 is 1.05 bits per heavy atom. The summed E-state index contributed by atoms with van der Waals surface area (Å²) in [5.41, 5.74) is 1.87. The van der Waals surface area contributed by atoms with Gasteiger partial charge in [0, 0.05) is 17.4 Å². The van der Waals surface area contributed by atoms with Gasteiger partial charge in [-0.25, -0.2) is 0 Å². The van der Waals surface area contributed by atoms with Gasteiger partial charge in [-0.15, -0.1) is 0 Å². The molecule has 1 fully saturated rings. The molecule has 2 aromatic rings. The van der Waals surface area contributed by atoms with E-state index in [1.807, 2.05) is 24.3 Å². The van der Waals surface area contributed by atoms with Crippen molar-refractivity contribution in [1.82, 2.24) is 0 Å². The van der Waals surface area contributed by atoms with Crippen LogP contribution < -0.4 is 10.6 Å². The maximum absolute atomic E-state index is 11.8. The molecule has 3 rings (SSSR count). The second-order valence-corrected chi connectivity index (χ2v) is 5.13. The smallest absolute Gasteiger partial charge is 0.291 e. The van der Waals surface area contributed by atoms with Gasteiger partial charge in [-0.05, 0) is 49.2 Å². The molecule has 4 nitrogen and oxygen atoms in total. The summed E-state index contributed by atoms with van der Waals surface area (Å²) in [6, 6.07) is 11.7. The van der Waals surface area contributed by atoms with Crippen LogP contribution in [0.3, 0.4) is 0 Å². The Bertz CT molecular complexity index is 555. The molecule has 0 unspecified atom stereocenters. The Balaban J connectivity index is 1.59. The average Bonchev–Trinajstić information content (AvgIpc) is 3.13. The van der Waals surface area contributed by atoms with Gasteiger partial charge in [0.2, 0.25) is 0 Å². The molecular weight excluding hydrogens is 252 g/mol. The number of benzene rings is 1. The molecule has 20 heavy (non-hydrogen) atoms. The normalized spacial score (nSPS) is 15.2. The Morgan fingerprint density at radius 2 is 1.75 bits per heavy atom. The summed E-state index contributed by atoms with van der Waals surface area (Å²) in [5.74, 6) is 0.0876. The zero-order chi connectivity index (χ0) is 13.8. The van der Waals surface area contributed by atoms with E-state index in [4.69, 9.17) is 4.42 Å². The number of anilines is 2. The van der Waals surface area contributed by atoms with E-state index in [1.54, 1.807) is 12.1 Å². The minimum absolute atomic E-state index is 0.230. The monoisotopic (exact) mass is 270 g/mol. The number of carbonyl (C=O) groups is 1.